The largest absolute Gasteiger partial charge is 0.342 e. The molecule has 7 nitrogen and oxygen atoms in total. The zero-order valence-corrected chi connectivity index (χ0v) is 18.0. The predicted molar refractivity (Wildman–Crippen MR) is 120 cm³/mol. The second-order valence-corrected chi connectivity index (χ2v) is 7.05. The Balaban J connectivity index is 0.00000150. The summed E-state index contributed by atoms with van der Waals surface area (Å²) in [6.45, 7) is 5.42. The van der Waals surface area contributed by atoms with E-state index in [0.717, 1.165) is 37.3 Å². The smallest absolute Gasteiger partial charge is 0.263 e. The van der Waals surface area contributed by atoms with Gasteiger partial charge in [-0.2, -0.15) is 0 Å². The molecule has 0 radical (unpaired) electrons. The number of aromatic nitrogens is 3. The van der Waals surface area contributed by atoms with Crippen molar-refractivity contribution in [1.82, 2.24) is 19.9 Å². The van der Waals surface area contributed by atoms with Gasteiger partial charge in [0.2, 0.25) is 0 Å². The molecule has 1 aliphatic heterocycles. The molecule has 2 aromatic heterocycles. The minimum atomic E-state index is -0.395. The van der Waals surface area contributed by atoms with Crippen molar-refractivity contribution in [2.24, 2.45) is 0 Å². The van der Waals surface area contributed by atoms with Crippen molar-refractivity contribution in [3.63, 3.8) is 0 Å². The zero-order chi connectivity index (χ0) is 19.0. The van der Waals surface area contributed by atoms with E-state index in [9.17, 15) is 9.59 Å². The van der Waals surface area contributed by atoms with Crippen LogP contribution in [0.15, 0.2) is 35.3 Å². The lowest BCUT2D eigenvalue weighted by Gasteiger charge is -2.25. The SMILES string of the molecule is Cc1nc2c(NC(=O)c3c(C)ccn(C4CCNCC4)c3=O)cccc2[nH]1.Cl.Cl. The van der Waals surface area contributed by atoms with Gasteiger partial charge in [0.1, 0.15) is 16.9 Å². The van der Waals surface area contributed by atoms with E-state index in [4.69, 9.17) is 0 Å². The van der Waals surface area contributed by atoms with E-state index in [1.807, 2.05) is 31.3 Å². The number of imidazole rings is 1. The molecule has 3 heterocycles. The highest BCUT2D eigenvalue weighted by atomic mass is 35.5. The number of amides is 1. The van der Waals surface area contributed by atoms with Gasteiger partial charge in [0.25, 0.3) is 11.5 Å². The summed E-state index contributed by atoms with van der Waals surface area (Å²) in [7, 11) is 0. The molecule has 1 saturated heterocycles. The van der Waals surface area contributed by atoms with Crippen molar-refractivity contribution < 1.29 is 4.79 Å². The van der Waals surface area contributed by atoms with Crippen LogP contribution in [0, 0.1) is 13.8 Å². The number of para-hydroxylation sites is 1. The number of benzene rings is 1. The Labute approximate surface area is 181 Å². The lowest BCUT2D eigenvalue weighted by Crippen LogP contribution is -2.37. The minimum absolute atomic E-state index is 0. The van der Waals surface area contributed by atoms with Gasteiger partial charge >= 0.3 is 0 Å². The topological polar surface area (TPSA) is 91.8 Å². The highest BCUT2D eigenvalue weighted by Gasteiger charge is 2.22. The van der Waals surface area contributed by atoms with Gasteiger partial charge in [-0.1, -0.05) is 6.07 Å². The quantitative estimate of drug-likeness (QED) is 0.585. The van der Waals surface area contributed by atoms with E-state index in [1.54, 1.807) is 17.6 Å². The van der Waals surface area contributed by atoms with Crippen molar-refractivity contribution in [2.45, 2.75) is 32.7 Å². The summed E-state index contributed by atoms with van der Waals surface area (Å²) in [6, 6.07) is 7.52. The van der Waals surface area contributed by atoms with E-state index in [-0.39, 0.29) is 42.0 Å². The third-order valence-electron chi connectivity index (χ3n) is 5.14. The predicted octanol–water partition coefficient (Wildman–Crippen LogP) is 3.36. The van der Waals surface area contributed by atoms with Crippen LogP contribution in [0.3, 0.4) is 0 Å². The Kier molecular flexibility index (Phi) is 7.46. The van der Waals surface area contributed by atoms with E-state index < -0.39 is 5.91 Å². The van der Waals surface area contributed by atoms with Crippen LogP contribution in [0.25, 0.3) is 11.0 Å². The monoisotopic (exact) mass is 437 g/mol. The second-order valence-electron chi connectivity index (χ2n) is 7.05. The molecule has 1 amide bonds. The molecule has 1 fully saturated rings. The summed E-state index contributed by atoms with van der Waals surface area (Å²) in [4.78, 5) is 33.6. The van der Waals surface area contributed by atoms with Gasteiger partial charge < -0.3 is 20.2 Å². The summed E-state index contributed by atoms with van der Waals surface area (Å²) >= 11 is 0. The summed E-state index contributed by atoms with van der Waals surface area (Å²) in [5, 5.41) is 6.18. The minimum Gasteiger partial charge on any atom is -0.342 e. The number of hydrogen-bond acceptors (Lipinski definition) is 4. The van der Waals surface area contributed by atoms with Gasteiger partial charge in [-0.05, 0) is 63.5 Å². The molecule has 0 spiro atoms. The fourth-order valence-corrected chi connectivity index (χ4v) is 3.73. The maximum absolute atomic E-state index is 13.0. The first-order valence-electron chi connectivity index (χ1n) is 9.24. The Morgan fingerprint density at radius 1 is 1.17 bits per heavy atom. The maximum Gasteiger partial charge on any atom is 0.263 e. The van der Waals surface area contributed by atoms with Crippen LogP contribution < -0.4 is 16.2 Å². The molecule has 0 atom stereocenters. The highest BCUT2D eigenvalue weighted by molar-refractivity contribution is 6.08. The molecule has 3 aromatic rings. The Morgan fingerprint density at radius 3 is 2.62 bits per heavy atom. The number of aryl methyl sites for hydroxylation is 2. The van der Waals surface area contributed by atoms with Crippen molar-refractivity contribution >= 4 is 47.4 Å². The fourth-order valence-electron chi connectivity index (χ4n) is 3.73. The van der Waals surface area contributed by atoms with Crippen LogP contribution >= 0.6 is 24.8 Å². The molecule has 3 N–H and O–H groups in total. The Hall–Kier alpha value is -2.35. The van der Waals surface area contributed by atoms with Crippen LogP contribution in [-0.4, -0.2) is 33.5 Å². The van der Waals surface area contributed by atoms with E-state index in [2.05, 4.69) is 20.6 Å². The number of rotatable bonds is 3. The Bertz CT molecular complexity index is 1070. The number of nitrogens with zero attached hydrogens (tertiary/aromatic N) is 2. The maximum atomic E-state index is 13.0. The molecule has 156 valence electrons. The number of carbonyl (C=O) groups excluding carboxylic acids is 1. The number of fused-ring (bicyclic) bond motifs is 1. The van der Waals surface area contributed by atoms with Gasteiger partial charge in [-0.25, -0.2) is 4.98 Å². The molecule has 1 aromatic carbocycles. The van der Waals surface area contributed by atoms with Crippen molar-refractivity contribution in [1.29, 1.82) is 0 Å². The third-order valence-corrected chi connectivity index (χ3v) is 5.14. The lowest BCUT2D eigenvalue weighted by molar-refractivity contribution is 0.102. The van der Waals surface area contributed by atoms with Gasteiger partial charge in [-0.3, -0.25) is 9.59 Å². The normalized spacial score (nSPS) is 14.1. The molecule has 0 unspecified atom stereocenters. The summed E-state index contributed by atoms with van der Waals surface area (Å²) in [5.41, 5.74) is 2.77. The number of nitrogens with one attached hydrogen (secondary N) is 3. The van der Waals surface area contributed by atoms with Crippen LogP contribution in [0.4, 0.5) is 5.69 Å². The molecule has 0 aliphatic carbocycles. The highest BCUT2D eigenvalue weighted by Crippen LogP contribution is 2.22. The van der Waals surface area contributed by atoms with E-state index in [0.29, 0.717) is 16.8 Å². The molecule has 1 aliphatic rings. The molecule has 9 heteroatoms. The number of halogens is 2. The van der Waals surface area contributed by atoms with Crippen molar-refractivity contribution in [3.05, 3.63) is 57.8 Å². The average Bonchev–Trinajstić information content (AvgIpc) is 3.04. The van der Waals surface area contributed by atoms with Crippen LogP contribution in [0.5, 0.6) is 0 Å². The number of H-pyrrole nitrogens is 1. The van der Waals surface area contributed by atoms with E-state index in [1.165, 1.54) is 0 Å². The number of anilines is 1. The Morgan fingerprint density at radius 2 is 1.90 bits per heavy atom. The average molecular weight is 438 g/mol. The number of pyridine rings is 1. The first-order valence-corrected chi connectivity index (χ1v) is 9.24. The molecule has 0 saturated carbocycles. The van der Waals surface area contributed by atoms with E-state index >= 15 is 0 Å². The van der Waals surface area contributed by atoms with Gasteiger partial charge in [0, 0.05) is 12.2 Å². The molecule has 29 heavy (non-hydrogen) atoms. The molecule has 0 bridgehead atoms. The first kappa shape index (κ1) is 22.9. The third kappa shape index (κ3) is 4.47. The standard InChI is InChI=1S/C20H23N5O2.2ClH/c1-12-8-11-25(14-6-9-21-10-7-14)20(27)17(12)19(26)24-16-5-3-4-15-18(16)23-13(2)22-15;;/h3-5,8,11,14,21H,6-7,9-10H2,1-2H3,(H,22,23)(H,24,26);2*1H. The molecular weight excluding hydrogens is 413 g/mol. The fraction of sp³-hybridized carbons (Fsp3) is 0.350. The summed E-state index contributed by atoms with van der Waals surface area (Å²) in [6.07, 6.45) is 3.58. The zero-order valence-electron chi connectivity index (χ0n) is 16.3. The molecule has 4 rings (SSSR count). The molecular formula is C20H25Cl2N5O2. The number of hydrogen-bond donors (Lipinski definition) is 3. The first-order chi connectivity index (χ1) is 13.0. The van der Waals surface area contributed by atoms with Gasteiger partial charge in [0.05, 0.1) is 11.2 Å². The lowest BCUT2D eigenvalue weighted by atomic mass is 10.0. The van der Waals surface area contributed by atoms with Crippen molar-refractivity contribution in [3.8, 4) is 0 Å². The van der Waals surface area contributed by atoms with Crippen LogP contribution in [0.1, 0.15) is 40.6 Å². The summed E-state index contributed by atoms with van der Waals surface area (Å²) < 4.78 is 1.71. The number of aromatic amines is 1. The van der Waals surface area contributed by atoms with Gasteiger partial charge in [0.15, 0.2) is 0 Å². The number of piperidine rings is 1. The summed E-state index contributed by atoms with van der Waals surface area (Å²) in [5.74, 6) is 0.379. The number of carbonyl (C=O) groups is 1. The van der Waals surface area contributed by atoms with Crippen molar-refractivity contribution in [2.75, 3.05) is 18.4 Å². The second kappa shape index (κ2) is 9.43. The van der Waals surface area contributed by atoms with Crippen LogP contribution in [-0.2, 0) is 0 Å². The van der Waals surface area contributed by atoms with Gasteiger partial charge in [-0.15, -0.1) is 24.8 Å². The van der Waals surface area contributed by atoms with Crippen LogP contribution in [0.2, 0.25) is 0 Å².